The summed E-state index contributed by atoms with van der Waals surface area (Å²) in [6.07, 6.45) is 8.39. The Hall–Kier alpha value is -2.27. The fourth-order valence-corrected chi connectivity index (χ4v) is 4.49. The molecule has 1 atom stereocenters. The Morgan fingerprint density at radius 3 is 2.76 bits per heavy atom. The number of nitrogens with one attached hydrogen (secondary N) is 1. The first-order valence-corrected chi connectivity index (χ1v) is 11.0. The molecule has 0 bridgehead atoms. The molecule has 2 N–H and O–H groups in total. The summed E-state index contributed by atoms with van der Waals surface area (Å²) in [4.78, 5) is 22.5. The van der Waals surface area contributed by atoms with Gasteiger partial charge in [0.25, 0.3) is 0 Å². The largest absolute Gasteiger partial charge is 0.392 e. The maximum Gasteiger partial charge on any atom is 0.228 e. The molecule has 29 heavy (non-hydrogen) atoms. The molecule has 5 heteroatoms. The SMILES string of the molecule is CCC(C)C(=O)Nc1nc2c(nc1CC1CCCC1)-c1ccc(CO)cc1CC2. The Morgan fingerprint density at radius 1 is 1.24 bits per heavy atom. The van der Waals surface area contributed by atoms with Crippen molar-refractivity contribution in [3.8, 4) is 11.3 Å². The summed E-state index contributed by atoms with van der Waals surface area (Å²) < 4.78 is 0. The number of carbonyl (C=O) groups excluding carboxylic acids is 1. The predicted molar refractivity (Wildman–Crippen MR) is 115 cm³/mol. The third kappa shape index (κ3) is 4.20. The van der Waals surface area contributed by atoms with E-state index in [0.717, 1.165) is 53.9 Å². The standard InChI is InChI=1S/C24H31N3O2/c1-3-15(2)24(29)27-23-21(13-16-6-4-5-7-16)25-22-19-10-8-17(14-28)12-18(19)9-11-20(22)26-23/h8,10,12,15-16,28H,3-7,9,11,13-14H2,1-2H3,(H,26,27,29). The van der Waals surface area contributed by atoms with Gasteiger partial charge in [0.2, 0.25) is 5.91 Å². The second kappa shape index (κ2) is 8.62. The monoisotopic (exact) mass is 393 g/mol. The van der Waals surface area contributed by atoms with Crippen LogP contribution in [0.1, 0.15) is 68.5 Å². The van der Waals surface area contributed by atoms with Crippen molar-refractivity contribution in [3.05, 3.63) is 40.7 Å². The number of aliphatic hydroxyl groups is 1. The average molecular weight is 394 g/mol. The smallest absolute Gasteiger partial charge is 0.228 e. The topological polar surface area (TPSA) is 75.1 Å². The molecule has 5 nitrogen and oxygen atoms in total. The van der Waals surface area contributed by atoms with Gasteiger partial charge in [0.1, 0.15) is 0 Å². The molecule has 0 saturated heterocycles. The van der Waals surface area contributed by atoms with Gasteiger partial charge >= 0.3 is 0 Å². The minimum Gasteiger partial charge on any atom is -0.392 e. The summed E-state index contributed by atoms with van der Waals surface area (Å²) in [5.41, 5.74) is 6.11. The lowest BCUT2D eigenvalue weighted by molar-refractivity contribution is -0.119. The van der Waals surface area contributed by atoms with Crippen LogP contribution in [0.4, 0.5) is 5.82 Å². The number of aromatic nitrogens is 2. The number of aryl methyl sites for hydroxylation is 2. The van der Waals surface area contributed by atoms with Crippen LogP contribution in [0.25, 0.3) is 11.3 Å². The maximum atomic E-state index is 12.6. The molecule has 1 aromatic heterocycles. The van der Waals surface area contributed by atoms with Crippen molar-refractivity contribution in [2.45, 2.75) is 71.8 Å². The number of fused-ring (bicyclic) bond motifs is 3. The zero-order valence-corrected chi connectivity index (χ0v) is 17.5. The van der Waals surface area contributed by atoms with Gasteiger partial charge in [-0.05, 0) is 42.7 Å². The van der Waals surface area contributed by atoms with Gasteiger partial charge in [-0.2, -0.15) is 0 Å². The molecule has 154 valence electrons. The van der Waals surface area contributed by atoms with Crippen molar-refractivity contribution in [2.75, 3.05) is 5.32 Å². The number of nitrogens with zero attached hydrogens (tertiary/aromatic N) is 2. The van der Waals surface area contributed by atoms with E-state index in [2.05, 4.69) is 17.4 Å². The summed E-state index contributed by atoms with van der Waals surface area (Å²) in [6, 6.07) is 6.10. The van der Waals surface area contributed by atoms with Crippen molar-refractivity contribution in [3.63, 3.8) is 0 Å². The van der Waals surface area contributed by atoms with E-state index in [1.54, 1.807) is 0 Å². The van der Waals surface area contributed by atoms with E-state index >= 15 is 0 Å². The lowest BCUT2D eigenvalue weighted by Gasteiger charge is -2.22. The summed E-state index contributed by atoms with van der Waals surface area (Å²) in [5, 5.41) is 12.5. The molecule has 0 aliphatic heterocycles. The molecule has 2 aromatic rings. The van der Waals surface area contributed by atoms with Crippen molar-refractivity contribution in [2.24, 2.45) is 11.8 Å². The van der Waals surface area contributed by atoms with E-state index in [1.165, 1.54) is 31.2 Å². The molecule has 4 rings (SSSR count). The van der Waals surface area contributed by atoms with Crippen LogP contribution in [-0.4, -0.2) is 21.0 Å². The summed E-state index contributed by atoms with van der Waals surface area (Å²) >= 11 is 0. The number of anilines is 1. The van der Waals surface area contributed by atoms with Gasteiger partial charge in [-0.15, -0.1) is 0 Å². The first-order chi connectivity index (χ1) is 14.1. The zero-order valence-electron chi connectivity index (χ0n) is 17.5. The van der Waals surface area contributed by atoms with E-state index in [9.17, 15) is 9.90 Å². The van der Waals surface area contributed by atoms with Crippen LogP contribution in [0.2, 0.25) is 0 Å². The highest BCUT2D eigenvalue weighted by molar-refractivity contribution is 5.92. The Labute approximate surface area is 173 Å². The Bertz CT molecular complexity index is 903. The average Bonchev–Trinajstić information content (AvgIpc) is 3.26. The highest BCUT2D eigenvalue weighted by Gasteiger charge is 2.25. The highest BCUT2D eigenvalue weighted by Crippen LogP contribution is 2.35. The van der Waals surface area contributed by atoms with Crippen LogP contribution in [0.15, 0.2) is 18.2 Å². The molecular formula is C24H31N3O2. The lowest BCUT2D eigenvalue weighted by Crippen LogP contribution is -2.23. The fraction of sp³-hybridized carbons (Fsp3) is 0.542. The van der Waals surface area contributed by atoms with Gasteiger partial charge in [-0.1, -0.05) is 57.7 Å². The minimum atomic E-state index is -0.0372. The van der Waals surface area contributed by atoms with Gasteiger partial charge in [0.15, 0.2) is 5.82 Å². The van der Waals surface area contributed by atoms with Crippen LogP contribution in [-0.2, 0) is 30.7 Å². The lowest BCUT2D eigenvalue weighted by atomic mass is 9.90. The number of aliphatic hydroxyl groups excluding tert-OH is 1. The second-order valence-corrected chi connectivity index (χ2v) is 8.62. The normalized spacial score (nSPS) is 16.9. The molecular weight excluding hydrogens is 362 g/mol. The quantitative estimate of drug-likeness (QED) is 0.760. The van der Waals surface area contributed by atoms with Crippen molar-refractivity contribution in [1.82, 2.24) is 9.97 Å². The van der Waals surface area contributed by atoms with Crippen LogP contribution in [0.5, 0.6) is 0 Å². The highest BCUT2D eigenvalue weighted by atomic mass is 16.3. The van der Waals surface area contributed by atoms with Crippen LogP contribution in [0, 0.1) is 11.8 Å². The van der Waals surface area contributed by atoms with E-state index in [-0.39, 0.29) is 18.4 Å². The molecule has 1 aromatic carbocycles. The molecule has 1 heterocycles. The van der Waals surface area contributed by atoms with Gasteiger partial charge in [-0.3, -0.25) is 4.79 Å². The van der Waals surface area contributed by atoms with Crippen LogP contribution >= 0.6 is 0 Å². The summed E-state index contributed by atoms with van der Waals surface area (Å²) in [7, 11) is 0. The first-order valence-electron chi connectivity index (χ1n) is 11.0. The number of hydrogen-bond donors (Lipinski definition) is 2. The zero-order chi connectivity index (χ0) is 20.4. The van der Waals surface area contributed by atoms with Gasteiger partial charge < -0.3 is 10.4 Å². The molecule has 1 saturated carbocycles. The molecule has 2 aliphatic carbocycles. The Kier molecular flexibility index (Phi) is 5.95. The van der Waals surface area contributed by atoms with Crippen molar-refractivity contribution < 1.29 is 9.90 Å². The Balaban J connectivity index is 1.73. The van der Waals surface area contributed by atoms with E-state index in [4.69, 9.17) is 9.97 Å². The van der Waals surface area contributed by atoms with E-state index < -0.39 is 0 Å². The molecule has 1 amide bonds. The number of amides is 1. The molecule has 0 radical (unpaired) electrons. The first kappa shape index (κ1) is 20.0. The van der Waals surface area contributed by atoms with Gasteiger partial charge in [-0.25, -0.2) is 9.97 Å². The van der Waals surface area contributed by atoms with E-state index in [1.807, 2.05) is 19.9 Å². The molecule has 1 fully saturated rings. The third-order valence-corrected chi connectivity index (χ3v) is 6.54. The summed E-state index contributed by atoms with van der Waals surface area (Å²) in [6.45, 7) is 4.03. The molecule has 1 unspecified atom stereocenters. The third-order valence-electron chi connectivity index (χ3n) is 6.54. The number of rotatable bonds is 6. The maximum absolute atomic E-state index is 12.6. The molecule has 0 spiro atoms. The number of benzene rings is 1. The van der Waals surface area contributed by atoms with Gasteiger partial charge in [0.05, 0.1) is 23.7 Å². The van der Waals surface area contributed by atoms with E-state index in [0.29, 0.717) is 11.7 Å². The second-order valence-electron chi connectivity index (χ2n) is 8.62. The van der Waals surface area contributed by atoms with Crippen LogP contribution in [0.3, 0.4) is 0 Å². The number of carbonyl (C=O) groups is 1. The summed E-state index contributed by atoms with van der Waals surface area (Å²) in [5.74, 6) is 1.28. The van der Waals surface area contributed by atoms with Crippen LogP contribution < -0.4 is 5.32 Å². The predicted octanol–water partition coefficient (Wildman–Crippen LogP) is 4.45. The van der Waals surface area contributed by atoms with Crippen molar-refractivity contribution >= 4 is 11.7 Å². The van der Waals surface area contributed by atoms with Crippen molar-refractivity contribution in [1.29, 1.82) is 0 Å². The molecule has 2 aliphatic rings. The number of hydrogen-bond acceptors (Lipinski definition) is 4. The Morgan fingerprint density at radius 2 is 2.03 bits per heavy atom. The fourth-order valence-electron chi connectivity index (χ4n) is 4.49. The van der Waals surface area contributed by atoms with Gasteiger partial charge in [0, 0.05) is 11.5 Å². The minimum absolute atomic E-state index is 0.0261.